The number of benzene rings is 2. The van der Waals surface area contributed by atoms with E-state index in [0.717, 1.165) is 16.7 Å². The molecular weight excluding hydrogens is 462 g/mol. The number of hydrogen-bond acceptors (Lipinski definition) is 4. The monoisotopic (exact) mass is 501 g/mol. The van der Waals surface area contributed by atoms with Crippen molar-refractivity contribution in [2.24, 2.45) is 5.92 Å². The molecule has 2 aromatic carbocycles. The minimum Gasteiger partial charge on any atom is -0.354 e. The van der Waals surface area contributed by atoms with Crippen molar-refractivity contribution in [3.63, 3.8) is 0 Å². The first kappa shape index (κ1) is 28.4. The molecule has 0 fully saturated rings. The van der Waals surface area contributed by atoms with E-state index >= 15 is 0 Å². The molecule has 0 saturated heterocycles. The summed E-state index contributed by atoms with van der Waals surface area (Å²) >= 11 is 0. The van der Waals surface area contributed by atoms with Gasteiger partial charge in [0, 0.05) is 26.1 Å². The third-order valence-electron chi connectivity index (χ3n) is 5.99. The highest BCUT2D eigenvalue weighted by Crippen LogP contribution is 2.23. The fourth-order valence-corrected chi connectivity index (χ4v) is 4.85. The highest BCUT2D eigenvalue weighted by molar-refractivity contribution is 7.92. The maximum atomic E-state index is 13.4. The number of rotatable bonds is 12. The Morgan fingerprint density at radius 1 is 0.943 bits per heavy atom. The van der Waals surface area contributed by atoms with Crippen molar-refractivity contribution in [3.05, 3.63) is 65.2 Å². The molecule has 0 unspecified atom stereocenters. The predicted octanol–water partition coefficient (Wildman–Crippen LogP) is 4.04. The summed E-state index contributed by atoms with van der Waals surface area (Å²) in [6.07, 6.45) is 1.64. The summed E-state index contributed by atoms with van der Waals surface area (Å²) < 4.78 is 26.3. The molecule has 2 aromatic rings. The minimum absolute atomic E-state index is 0.131. The molecule has 0 heterocycles. The van der Waals surface area contributed by atoms with Crippen LogP contribution < -0.4 is 9.62 Å². The van der Waals surface area contributed by atoms with Crippen molar-refractivity contribution in [3.8, 4) is 0 Å². The van der Waals surface area contributed by atoms with Gasteiger partial charge in [0.25, 0.3) is 0 Å². The van der Waals surface area contributed by atoms with Crippen molar-refractivity contribution >= 4 is 27.5 Å². The van der Waals surface area contributed by atoms with E-state index in [-0.39, 0.29) is 24.8 Å². The Morgan fingerprint density at radius 2 is 1.54 bits per heavy atom. The highest BCUT2D eigenvalue weighted by Gasteiger charge is 2.27. The average Bonchev–Trinajstić information content (AvgIpc) is 2.79. The van der Waals surface area contributed by atoms with Gasteiger partial charge in [-0.2, -0.15) is 0 Å². The molecule has 0 aliphatic heterocycles. The van der Waals surface area contributed by atoms with Gasteiger partial charge in [0.05, 0.1) is 11.9 Å². The molecule has 1 N–H and O–H groups in total. The van der Waals surface area contributed by atoms with E-state index in [9.17, 15) is 18.0 Å². The van der Waals surface area contributed by atoms with Crippen LogP contribution in [0.1, 0.15) is 50.3 Å². The van der Waals surface area contributed by atoms with Crippen molar-refractivity contribution in [1.82, 2.24) is 10.2 Å². The number of carbonyl (C=O) groups excluding carboxylic acids is 2. The minimum atomic E-state index is -3.51. The van der Waals surface area contributed by atoms with Gasteiger partial charge < -0.3 is 10.2 Å². The van der Waals surface area contributed by atoms with Crippen molar-refractivity contribution in [1.29, 1.82) is 0 Å². The number of carbonyl (C=O) groups is 2. The molecule has 0 aliphatic carbocycles. The maximum absolute atomic E-state index is 13.4. The van der Waals surface area contributed by atoms with Gasteiger partial charge in [-0.15, -0.1) is 0 Å². The summed E-state index contributed by atoms with van der Waals surface area (Å²) in [6, 6.07) is 14.4. The van der Waals surface area contributed by atoms with Crippen LogP contribution in [0.4, 0.5) is 5.69 Å². The van der Waals surface area contributed by atoms with Crippen LogP contribution in [-0.2, 0) is 26.2 Å². The van der Waals surface area contributed by atoms with Crippen LogP contribution in [-0.4, -0.2) is 50.5 Å². The molecule has 1 atom stereocenters. The number of anilines is 1. The van der Waals surface area contributed by atoms with E-state index in [2.05, 4.69) is 5.32 Å². The van der Waals surface area contributed by atoms with E-state index in [1.54, 1.807) is 24.0 Å². The lowest BCUT2D eigenvalue weighted by atomic mass is 10.1. The van der Waals surface area contributed by atoms with Crippen molar-refractivity contribution in [2.45, 2.75) is 60.0 Å². The zero-order valence-electron chi connectivity index (χ0n) is 21.7. The van der Waals surface area contributed by atoms with Crippen LogP contribution in [0.15, 0.2) is 48.5 Å². The zero-order valence-corrected chi connectivity index (χ0v) is 22.6. The third kappa shape index (κ3) is 8.38. The Morgan fingerprint density at radius 3 is 2.11 bits per heavy atom. The second kappa shape index (κ2) is 12.7. The number of sulfonamides is 1. The van der Waals surface area contributed by atoms with E-state index < -0.39 is 16.1 Å². The van der Waals surface area contributed by atoms with Gasteiger partial charge in [0.1, 0.15) is 6.04 Å². The quantitative estimate of drug-likeness (QED) is 0.476. The number of nitrogens with one attached hydrogen (secondary N) is 1. The van der Waals surface area contributed by atoms with Crippen LogP contribution in [0.3, 0.4) is 0 Å². The van der Waals surface area contributed by atoms with Gasteiger partial charge >= 0.3 is 0 Å². The molecule has 0 bridgehead atoms. The first-order chi connectivity index (χ1) is 16.4. The molecule has 0 aromatic heterocycles. The van der Waals surface area contributed by atoms with Crippen molar-refractivity contribution in [2.75, 3.05) is 23.7 Å². The summed E-state index contributed by atoms with van der Waals surface area (Å²) in [5.74, 6) is -0.0768. The molecule has 0 aliphatic rings. The fourth-order valence-electron chi connectivity index (χ4n) is 3.83. The summed E-state index contributed by atoms with van der Waals surface area (Å²) in [4.78, 5) is 27.8. The number of aryl methyl sites for hydroxylation is 2. The Hall–Kier alpha value is -2.87. The van der Waals surface area contributed by atoms with Crippen LogP contribution in [0.2, 0.25) is 0 Å². The molecule has 192 valence electrons. The molecule has 0 saturated carbocycles. The first-order valence-electron chi connectivity index (χ1n) is 12.1. The van der Waals surface area contributed by atoms with E-state index in [1.165, 1.54) is 10.6 Å². The lowest BCUT2D eigenvalue weighted by Gasteiger charge is -2.30. The maximum Gasteiger partial charge on any atom is 0.242 e. The van der Waals surface area contributed by atoms with Crippen LogP contribution >= 0.6 is 0 Å². The Labute approximate surface area is 210 Å². The predicted molar refractivity (Wildman–Crippen MR) is 142 cm³/mol. The van der Waals surface area contributed by atoms with Gasteiger partial charge in [0.15, 0.2) is 0 Å². The molecule has 8 heteroatoms. The first-order valence-corrected chi connectivity index (χ1v) is 13.9. The lowest BCUT2D eigenvalue weighted by Crippen LogP contribution is -2.48. The summed E-state index contributed by atoms with van der Waals surface area (Å²) in [5, 5.41) is 2.92. The van der Waals surface area contributed by atoms with Crippen LogP contribution in [0, 0.1) is 19.8 Å². The van der Waals surface area contributed by atoms with E-state index in [0.29, 0.717) is 31.1 Å². The van der Waals surface area contributed by atoms with Gasteiger partial charge in [-0.1, -0.05) is 56.3 Å². The van der Waals surface area contributed by atoms with E-state index in [1.807, 2.05) is 64.1 Å². The summed E-state index contributed by atoms with van der Waals surface area (Å²) in [6.45, 7) is 10.6. The zero-order chi connectivity index (χ0) is 26.2. The Kier molecular flexibility index (Phi) is 10.3. The molecule has 7 nitrogen and oxygen atoms in total. The second-order valence-electron chi connectivity index (χ2n) is 9.49. The third-order valence-corrected chi connectivity index (χ3v) is 7.17. The number of amides is 2. The van der Waals surface area contributed by atoms with Crippen molar-refractivity contribution < 1.29 is 18.0 Å². The molecule has 35 heavy (non-hydrogen) atoms. The molecular formula is C27H39N3O4S. The number of para-hydroxylation sites is 1. The van der Waals surface area contributed by atoms with Gasteiger partial charge in [-0.3, -0.25) is 13.9 Å². The molecule has 2 amide bonds. The fraction of sp³-hybridized carbons (Fsp3) is 0.481. The summed E-state index contributed by atoms with van der Waals surface area (Å²) in [5.41, 5.74) is 3.48. The standard InChI is InChI=1S/C27H39N3O4S/c1-20(2)18-28-27(32)23(5)29(19-24-14-9-7-12-21(24)3)26(31)16-11-17-30(35(6,33)34)25-15-10-8-13-22(25)4/h7-10,12-15,20,23H,11,16-19H2,1-6H3,(H,28,32)/t23-/m0/s1. The topological polar surface area (TPSA) is 86.8 Å². The molecule has 0 radical (unpaired) electrons. The lowest BCUT2D eigenvalue weighted by molar-refractivity contribution is -0.140. The van der Waals surface area contributed by atoms with Gasteiger partial charge in [-0.05, 0) is 55.9 Å². The SMILES string of the molecule is Cc1ccccc1CN(C(=O)CCCN(c1ccccc1C)S(C)(=O)=O)[C@@H](C)C(=O)NCC(C)C. The highest BCUT2D eigenvalue weighted by atomic mass is 32.2. The van der Waals surface area contributed by atoms with Gasteiger partial charge in [-0.25, -0.2) is 8.42 Å². The molecule has 2 rings (SSSR count). The smallest absolute Gasteiger partial charge is 0.242 e. The van der Waals surface area contributed by atoms with E-state index in [4.69, 9.17) is 0 Å². The van der Waals surface area contributed by atoms with Crippen LogP contribution in [0.25, 0.3) is 0 Å². The molecule has 0 spiro atoms. The largest absolute Gasteiger partial charge is 0.354 e. The average molecular weight is 502 g/mol. The van der Waals surface area contributed by atoms with Gasteiger partial charge in [0.2, 0.25) is 21.8 Å². The normalized spacial score (nSPS) is 12.3. The number of hydrogen-bond donors (Lipinski definition) is 1. The Bertz CT molecular complexity index is 1110. The van der Waals surface area contributed by atoms with Crippen LogP contribution in [0.5, 0.6) is 0 Å². The number of nitrogens with zero attached hydrogens (tertiary/aromatic N) is 2. The second-order valence-corrected chi connectivity index (χ2v) is 11.4. The summed E-state index contributed by atoms with van der Waals surface area (Å²) in [7, 11) is -3.51. The Balaban J connectivity index is 2.18.